The van der Waals surface area contributed by atoms with Gasteiger partial charge in [0.25, 0.3) is 0 Å². The number of aryl methyl sites for hydroxylation is 1. The lowest BCUT2D eigenvalue weighted by Crippen LogP contribution is -2.71. The highest BCUT2D eigenvalue weighted by atomic mass is 16.6. The van der Waals surface area contributed by atoms with E-state index in [1.54, 1.807) is 0 Å². The minimum atomic E-state index is -1.23. The number of carbonyl (C=O) groups excluding carboxylic acids is 2. The maximum absolute atomic E-state index is 12.7. The highest BCUT2D eigenvalue weighted by Gasteiger charge is 2.76. The number of hydrogen-bond acceptors (Lipinski definition) is 4. The van der Waals surface area contributed by atoms with Crippen molar-refractivity contribution in [3.8, 4) is 0 Å². The van der Waals surface area contributed by atoms with E-state index in [2.05, 4.69) is 0 Å². The molecule has 2 bridgehead atoms. The summed E-state index contributed by atoms with van der Waals surface area (Å²) in [6.07, 6.45) is 1.28. The number of aliphatic hydroxyl groups is 1. The molecule has 5 aliphatic rings. The van der Waals surface area contributed by atoms with Crippen LogP contribution in [0.4, 0.5) is 0 Å². The molecule has 1 aromatic rings. The van der Waals surface area contributed by atoms with Crippen molar-refractivity contribution in [2.45, 2.75) is 44.8 Å². The standard InChI is InChI=1S/C18H18O4/c1-8-3-4-10-13(19)7-17-9(2)5-14(22-16(17)20)12-6-11(8)15(10)18(12,17)21/h3-4,9,12,14,21H,5-7H2,1-2H3/t9?,12-,14+,17+,18-/m1/s1. The second-order valence-corrected chi connectivity index (χ2v) is 7.51. The van der Waals surface area contributed by atoms with Crippen LogP contribution < -0.4 is 0 Å². The molecule has 1 unspecified atom stereocenters. The van der Waals surface area contributed by atoms with E-state index in [0.29, 0.717) is 12.0 Å². The van der Waals surface area contributed by atoms with E-state index in [4.69, 9.17) is 4.74 Å². The van der Waals surface area contributed by atoms with Crippen LogP contribution in [0.5, 0.6) is 0 Å². The van der Waals surface area contributed by atoms with Gasteiger partial charge < -0.3 is 9.84 Å². The van der Waals surface area contributed by atoms with Crippen molar-refractivity contribution in [2.24, 2.45) is 17.3 Å². The first-order valence-corrected chi connectivity index (χ1v) is 8.01. The Hall–Kier alpha value is -1.68. The topological polar surface area (TPSA) is 63.6 Å². The first-order chi connectivity index (χ1) is 10.4. The fourth-order valence-electron chi connectivity index (χ4n) is 5.74. The Balaban J connectivity index is 1.93. The molecule has 3 fully saturated rings. The zero-order valence-corrected chi connectivity index (χ0v) is 12.7. The third-order valence-electron chi connectivity index (χ3n) is 6.81. The van der Waals surface area contributed by atoms with E-state index >= 15 is 0 Å². The smallest absolute Gasteiger partial charge is 0.316 e. The van der Waals surface area contributed by atoms with E-state index in [0.717, 1.165) is 23.1 Å². The summed E-state index contributed by atoms with van der Waals surface area (Å²) in [6, 6.07) is 3.78. The molecule has 2 saturated heterocycles. The SMILES string of the molecule is Cc1ccc2c3c1C[C@@H]1[C@@H]4CC(C)[C@@](CC2=O)(C(=O)O4)[C@]31O. The summed E-state index contributed by atoms with van der Waals surface area (Å²) < 4.78 is 5.63. The second-order valence-electron chi connectivity index (χ2n) is 7.51. The van der Waals surface area contributed by atoms with Crippen molar-refractivity contribution in [3.05, 3.63) is 34.4 Å². The summed E-state index contributed by atoms with van der Waals surface area (Å²) in [5.41, 5.74) is 1.18. The van der Waals surface area contributed by atoms with Crippen LogP contribution in [0.25, 0.3) is 0 Å². The average Bonchev–Trinajstić information content (AvgIpc) is 2.78. The minimum Gasteiger partial charge on any atom is -0.461 e. The first-order valence-electron chi connectivity index (χ1n) is 8.01. The lowest BCUT2D eigenvalue weighted by molar-refractivity contribution is -0.270. The maximum Gasteiger partial charge on any atom is 0.316 e. The molecular weight excluding hydrogens is 280 g/mol. The van der Waals surface area contributed by atoms with Crippen molar-refractivity contribution in [1.29, 1.82) is 0 Å². The Morgan fingerprint density at radius 3 is 2.82 bits per heavy atom. The van der Waals surface area contributed by atoms with Gasteiger partial charge in [-0.25, -0.2) is 0 Å². The van der Waals surface area contributed by atoms with Gasteiger partial charge >= 0.3 is 5.97 Å². The number of fused-ring (bicyclic) bond motifs is 2. The molecule has 1 N–H and O–H groups in total. The average molecular weight is 298 g/mol. The third kappa shape index (κ3) is 1.02. The van der Waals surface area contributed by atoms with Crippen LogP contribution in [0, 0.1) is 24.2 Å². The summed E-state index contributed by atoms with van der Waals surface area (Å²) in [7, 11) is 0. The second kappa shape index (κ2) is 3.46. The van der Waals surface area contributed by atoms with Crippen LogP contribution >= 0.6 is 0 Å². The van der Waals surface area contributed by atoms with Gasteiger partial charge in [0.05, 0.1) is 0 Å². The molecular formula is C18H18O4. The summed E-state index contributed by atoms with van der Waals surface area (Å²) in [4.78, 5) is 25.4. The highest BCUT2D eigenvalue weighted by molar-refractivity contribution is 6.04. The Morgan fingerprint density at radius 1 is 1.32 bits per heavy atom. The van der Waals surface area contributed by atoms with E-state index in [9.17, 15) is 14.7 Å². The maximum atomic E-state index is 12.7. The van der Waals surface area contributed by atoms with Crippen molar-refractivity contribution < 1.29 is 19.4 Å². The number of ether oxygens (including phenoxy) is 1. The van der Waals surface area contributed by atoms with Crippen molar-refractivity contribution in [3.63, 3.8) is 0 Å². The Morgan fingerprint density at radius 2 is 2.09 bits per heavy atom. The van der Waals surface area contributed by atoms with E-state index < -0.39 is 11.0 Å². The molecule has 6 rings (SSSR count). The zero-order chi connectivity index (χ0) is 15.4. The quantitative estimate of drug-likeness (QED) is 0.743. The minimum absolute atomic E-state index is 0.0364. The number of hydrogen-bond donors (Lipinski definition) is 1. The molecule has 0 radical (unpaired) electrons. The van der Waals surface area contributed by atoms with Gasteiger partial charge in [-0.1, -0.05) is 19.1 Å². The van der Waals surface area contributed by atoms with Crippen LogP contribution in [0.2, 0.25) is 0 Å². The van der Waals surface area contributed by atoms with Gasteiger partial charge in [0.1, 0.15) is 17.1 Å². The molecule has 1 saturated carbocycles. The van der Waals surface area contributed by atoms with Gasteiger partial charge in [0.2, 0.25) is 0 Å². The predicted octanol–water partition coefficient (Wildman–Crippen LogP) is 1.89. The van der Waals surface area contributed by atoms with Gasteiger partial charge in [-0.05, 0) is 42.4 Å². The van der Waals surface area contributed by atoms with Crippen molar-refractivity contribution >= 4 is 11.8 Å². The Bertz CT molecular complexity index is 767. The van der Waals surface area contributed by atoms with Gasteiger partial charge in [-0.3, -0.25) is 9.59 Å². The first kappa shape index (κ1) is 12.8. The monoisotopic (exact) mass is 298 g/mol. The summed E-state index contributed by atoms with van der Waals surface area (Å²) in [5.74, 6) is -0.554. The van der Waals surface area contributed by atoms with Crippen LogP contribution in [-0.2, 0) is 21.6 Å². The number of benzene rings is 1. The molecule has 2 aliphatic heterocycles. The molecule has 2 heterocycles. The fourth-order valence-corrected chi connectivity index (χ4v) is 5.74. The summed E-state index contributed by atoms with van der Waals surface area (Å²) in [6.45, 7) is 3.99. The molecule has 1 spiro atoms. The van der Waals surface area contributed by atoms with Crippen molar-refractivity contribution in [2.75, 3.05) is 0 Å². The molecule has 4 heteroatoms. The lowest BCUT2D eigenvalue weighted by Gasteiger charge is -2.61. The van der Waals surface area contributed by atoms with E-state index in [1.807, 2.05) is 26.0 Å². The number of Topliss-reactive ketones (excluding diaryl/α,β-unsaturated/α-hetero) is 1. The number of carbonyl (C=O) groups is 2. The molecule has 22 heavy (non-hydrogen) atoms. The molecule has 4 nitrogen and oxygen atoms in total. The van der Waals surface area contributed by atoms with Crippen LogP contribution in [0.3, 0.4) is 0 Å². The van der Waals surface area contributed by atoms with E-state index in [-0.39, 0.29) is 36.1 Å². The van der Waals surface area contributed by atoms with Gasteiger partial charge in [-0.15, -0.1) is 0 Å². The van der Waals surface area contributed by atoms with Crippen molar-refractivity contribution in [1.82, 2.24) is 0 Å². The van der Waals surface area contributed by atoms with Crippen LogP contribution in [0.1, 0.15) is 46.8 Å². The largest absolute Gasteiger partial charge is 0.461 e. The summed E-state index contributed by atoms with van der Waals surface area (Å²) >= 11 is 0. The molecule has 0 aromatic heterocycles. The fraction of sp³-hybridized carbons (Fsp3) is 0.556. The number of rotatable bonds is 0. The lowest BCUT2D eigenvalue weighted by atomic mass is 9.47. The highest BCUT2D eigenvalue weighted by Crippen LogP contribution is 2.69. The molecule has 114 valence electrons. The van der Waals surface area contributed by atoms with Crippen LogP contribution in [-0.4, -0.2) is 23.0 Å². The molecule has 5 atom stereocenters. The third-order valence-corrected chi connectivity index (χ3v) is 6.81. The van der Waals surface area contributed by atoms with Gasteiger partial charge in [-0.2, -0.15) is 0 Å². The molecule has 1 aromatic carbocycles. The van der Waals surface area contributed by atoms with Crippen LogP contribution in [0.15, 0.2) is 12.1 Å². The normalized spacial score (nSPS) is 44.0. The number of esters is 1. The predicted molar refractivity (Wildman–Crippen MR) is 77.3 cm³/mol. The Kier molecular flexibility index (Phi) is 2.01. The number of ketones is 1. The van der Waals surface area contributed by atoms with Gasteiger partial charge in [0.15, 0.2) is 5.78 Å². The molecule has 0 amide bonds. The van der Waals surface area contributed by atoms with E-state index in [1.165, 1.54) is 0 Å². The molecule has 3 aliphatic carbocycles. The zero-order valence-electron chi connectivity index (χ0n) is 12.7. The van der Waals surface area contributed by atoms with Gasteiger partial charge in [0, 0.05) is 17.9 Å². The summed E-state index contributed by atoms with van der Waals surface area (Å²) in [5, 5.41) is 11.8. The Labute approximate surface area is 128 Å².